The van der Waals surface area contributed by atoms with Gasteiger partial charge in [-0.2, -0.15) is 0 Å². The Hall–Kier alpha value is -3.68. The minimum absolute atomic E-state index is 0.0294. The van der Waals surface area contributed by atoms with Crippen LogP contribution in [0.4, 0.5) is 5.69 Å². The Morgan fingerprint density at radius 2 is 1.57 bits per heavy atom. The highest BCUT2D eigenvalue weighted by Gasteiger charge is 2.34. The highest BCUT2D eigenvalue weighted by atomic mass is 16.6. The number of amides is 2. The molecule has 0 radical (unpaired) electrons. The maximum absolute atomic E-state index is 12.6. The molecule has 0 aliphatic carbocycles. The molecule has 0 saturated carbocycles. The standard InChI is InChI=1S/C20H18N4O4/c25-19-15(9-12-5-2-1-3-6-12)22-20(26)16(23-19)10-13-11-21-14-7-4-8-17(18(13)14)24(27)28/h1-8,11,15-16,21H,9-10H2,(H,22,26)(H,23,25)/t15-,16-/m0/s1. The van der Waals surface area contributed by atoms with E-state index >= 15 is 0 Å². The molecule has 8 heteroatoms. The molecule has 2 atom stereocenters. The molecule has 1 fully saturated rings. The van der Waals surface area contributed by atoms with Gasteiger partial charge in [0.1, 0.15) is 12.1 Å². The van der Waals surface area contributed by atoms with Gasteiger partial charge in [-0.25, -0.2) is 0 Å². The second-order valence-corrected chi connectivity index (χ2v) is 6.79. The Morgan fingerprint density at radius 3 is 2.25 bits per heavy atom. The van der Waals surface area contributed by atoms with Gasteiger partial charge >= 0.3 is 0 Å². The lowest BCUT2D eigenvalue weighted by atomic mass is 9.98. The number of carbonyl (C=O) groups is 2. The highest BCUT2D eigenvalue weighted by Crippen LogP contribution is 2.29. The maximum Gasteiger partial charge on any atom is 0.279 e. The van der Waals surface area contributed by atoms with Crippen molar-refractivity contribution in [1.29, 1.82) is 0 Å². The van der Waals surface area contributed by atoms with Crippen molar-refractivity contribution in [3.8, 4) is 0 Å². The van der Waals surface area contributed by atoms with E-state index in [4.69, 9.17) is 0 Å². The van der Waals surface area contributed by atoms with Crippen molar-refractivity contribution >= 4 is 28.4 Å². The molecule has 2 amide bonds. The van der Waals surface area contributed by atoms with Crippen LogP contribution in [0.1, 0.15) is 11.1 Å². The summed E-state index contributed by atoms with van der Waals surface area (Å²) in [7, 11) is 0. The zero-order chi connectivity index (χ0) is 19.7. The van der Waals surface area contributed by atoms with E-state index in [2.05, 4.69) is 15.6 Å². The number of H-pyrrole nitrogens is 1. The average molecular weight is 378 g/mol. The third kappa shape index (κ3) is 3.32. The number of fused-ring (bicyclic) bond motifs is 1. The zero-order valence-electron chi connectivity index (χ0n) is 14.8. The van der Waals surface area contributed by atoms with E-state index in [9.17, 15) is 19.7 Å². The minimum Gasteiger partial charge on any atom is -0.361 e. The number of aromatic nitrogens is 1. The van der Waals surface area contributed by atoms with Crippen LogP contribution in [0.3, 0.4) is 0 Å². The third-order valence-electron chi connectivity index (χ3n) is 4.93. The lowest BCUT2D eigenvalue weighted by molar-refractivity contribution is -0.383. The number of rotatable bonds is 5. The number of aromatic amines is 1. The van der Waals surface area contributed by atoms with Crippen molar-refractivity contribution in [3.05, 3.63) is 76.0 Å². The van der Waals surface area contributed by atoms with Gasteiger partial charge in [0.25, 0.3) is 5.69 Å². The summed E-state index contributed by atoms with van der Waals surface area (Å²) in [6.45, 7) is 0. The Labute approximate surface area is 160 Å². The largest absolute Gasteiger partial charge is 0.361 e. The first-order chi connectivity index (χ1) is 13.5. The topological polar surface area (TPSA) is 117 Å². The van der Waals surface area contributed by atoms with Gasteiger partial charge in [0.15, 0.2) is 0 Å². The van der Waals surface area contributed by atoms with Crippen LogP contribution in [0.25, 0.3) is 10.9 Å². The minimum atomic E-state index is -0.779. The van der Waals surface area contributed by atoms with Gasteiger partial charge in [0.2, 0.25) is 11.8 Å². The highest BCUT2D eigenvalue weighted by molar-refractivity contribution is 5.98. The molecule has 1 aliphatic heterocycles. The predicted octanol–water partition coefficient (Wildman–Crippen LogP) is 1.84. The number of nitrogens with one attached hydrogen (secondary N) is 3. The lowest BCUT2D eigenvalue weighted by Crippen LogP contribution is -2.62. The van der Waals surface area contributed by atoms with Crippen LogP contribution in [-0.2, 0) is 22.4 Å². The summed E-state index contributed by atoms with van der Waals surface area (Å²) >= 11 is 0. The molecule has 0 unspecified atom stereocenters. The van der Waals surface area contributed by atoms with E-state index in [1.807, 2.05) is 30.3 Å². The number of carbonyl (C=O) groups excluding carboxylic acids is 2. The Bertz CT molecular complexity index is 1060. The molecule has 3 N–H and O–H groups in total. The number of benzene rings is 2. The molecule has 4 rings (SSSR count). The van der Waals surface area contributed by atoms with Crippen LogP contribution in [0.5, 0.6) is 0 Å². The average Bonchev–Trinajstić information content (AvgIpc) is 3.09. The van der Waals surface area contributed by atoms with E-state index in [0.717, 1.165) is 5.56 Å². The quantitative estimate of drug-likeness (QED) is 0.464. The smallest absolute Gasteiger partial charge is 0.279 e. The monoisotopic (exact) mass is 378 g/mol. The first-order valence-electron chi connectivity index (χ1n) is 8.91. The van der Waals surface area contributed by atoms with Crippen LogP contribution in [0, 0.1) is 10.1 Å². The van der Waals surface area contributed by atoms with Gasteiger partial charge in [-0.15, -0.1) is 0 Å². The van der Waals surface area contributed by atoms with Crippen LogP contribution in [-0.4, -0.2) is 33.8 Å². The van der Waals surface area contributed by atoms with Crippen molar-refractivity contribution in [1.82, 2.24) is 15.6 Å². The third-order valence-corrected chi connectivity index (χ3v) is 4.93. The van der Waals surface area contributed by atoms with Gasteiger partial charge < -0.3 is 15.6 Å². The molecule has 2 aromatic carbocycles. The number of nitro groups is 1. The molecule has 0 bridgehead atoms. The second kappa shape index (κ2) is 7.15. The van der Waals surface area contributed by atoms with Gasteiger partial charge in [0.05, 0.1) is 15.8 Å². The molecule has 142 valence electrons. The SMILES string of the molecule is O=C1N[C@@H](Cc2c[nH]c3cccc([N+](=O)[O-])c23)C(=O)N[C@H]1Cc1ccccc1. The van der Waals surface area contributed by atoms with Crippen LogP contribution >= 0.6 is 0 Å². The Balaban J connectivity index is 1.53. The number of piperazine rings is 1. The molecule has 0 spiro atoms. The van der Waals surface area contributed by atoms with Crippen molar-refractivity contribution in [2.75, 3.05) is 0 Å². The van der Waals surface area contributed by atoms with Crippen LogP contribution in [0.15, 0.2) is 54.7 Å². The van der Waals surface area contributed by atoms with Crippen molar-refractivity contribution in [2.45, 2.75) is 24.9 Å². The molecule has 2 heterocycles. The first kappa shape index (κ1) is 17.7. The number of non-ortho nitro benzene ring substituents is 1. The molecule has 1 saturated heterocycles. The van der Waals surface area contributed by atoms with Gasteiger partial charge in [0, 0.05) is 25.1 Å². The van der Waals surface area contributed by atoms with Crippen molar-refractivity contribution < 1.29 is 14.5 Å². The predicted molar refractivity (Wildman–Crippen MR) is 103 cm³/mol. The van der Waals surface area contributed by atoms with Crippen LogP contribution < -0.4 is 10.6 Å². The number of hydrogen-bond acceptors (Lipinski definition) is 4. The number of hydrogen-bond donors (Lipinski definition) is 3. The van der Waals surface area contributed by atoms with E-state index < -0.39 is 17.0 Å². The first-order valence-corrected chi connectivity index (χ1v) is 8.91. The zero-order valence-corrected chi connectivity index (χ0v) is 14.8. The molecule has 3 aromatic rings. The van der Waals surface area contributed by atoms with Gasteiger partial charge in [-0.05, 0) is 17.2 Å². The van der Waals surface area contributed by atoms with E-state index in [-0.39, 0.29) is 23.9 Å². The van der Waals surface area contributed by atoms with E-state index in [1.165, 1.54) is 6.07 Å². The summed E-state index contributed by atoms with van der Waals surface area (Å²) < 4.78 is 0. The van der Waals surface area contributed by atoms with E-state index in [1.54, 1.807) is 18.3 Å². The molecule has 28 heavy (non-hydrogen) atoms. The maximum atomic E-state index is 12.6. The normalized spacial score (nSPS) is 19.3. The Morgan fingerprint density at radius 1 is 0.893 bits per heavy atom. The van der Waals surface area contributed by atoms with Crippen molar-refractivity contribution in [2.24, 2.45) is 0 Å². The number of nitrogens with zero attached hydrogens (tertiary/aromatic N) is 1. The lowest BCUT2D eigenvalue weighted by Gasteiger charge is -2.29. The molecule has 1 aliphatic rings. The summed E-state index contributed by atoms with van der Waals surface area (Å²) in [5.74, 6) is -0.559. The van der Waals surface area contributed by atoms with E-state index in [0.29, 0.717) is 22.9 Å². The fraction of sp³-hybridized carbons (Fsp3) is 0.200. The fourth-order valence-electron chi connectivity index (χ4n) is 3.58. The summed E-state index contributed by atoms with van der Waals surface area (Å²) in [5.41, 5.74) is 2.16. The van der Waals surface area contributed by atoms with Gasteiger partial charge in [-0.1, -0.05) is 36.4 Å². The fourth-order valence-corrected chi connectivity index (χ4v) is 3.58. The summed E-state index contributed by atoms with van der Waals surface area (Å²) in [5, 5.41) is 17.3. The molecule has 1 aromatic heterocycles. The summed E-state index contributed by atoms with van der Waals surface area (Å²) in [6.07, 6.45) is 2.22. The molecular weight excluding hydrogens is 360 g/mol. The number of nitro benzene ring substituents is 1. The van der Waals surface area contributed by atoms with Crippen molar-refractivity contribution in [3.63, 3.8) is 0 Å². The molecule has 8 nitrogen and oxygen atoms in total. The van der Waals surface area contributed by atoms with Gasteiger partial charge in [-0.3, -0.25) is 19.7 Å². The van der Waals surface area contributed by atoms with Crippen LogP contribution in [0.2, 0.25) is 0 Å². The summed E-state index contributed by atoms with van der Waals surface area (Å²) in [6, 6.07) is 12.8. The summed E-state index contributed by atoms with van der Waals surface area (Å²) in [4.78, 5) is 38.9. The molecular formula is C20H18N4O4. The Kier molecular flexibility index (Phi) is 4.52. The second-order valence-electron chi connectivity index (χ2n) is 6.79.